The first-order valence-corrected chi connectivity index (χ1v) is 4.26. The average Bonchev–Trinajstić information content (AvgIpc) is 2.23. The summed E-state index contributed by atoms with van der Waals surface area (Å²) in [7, 11) is 0. The van der Waals surface area contributed by atoms with Gasteiger partial charge in [-0.1, -0.05) is 0 Å². The predicted octanol–water partition coefficient (Wildman–Crippen LogP) is 0.687. The van der Waals surface area contributed by atoms with Gasteiger partial charge in [0, 0.05) is 24.8 Å². The van der Waals surface area contributed by atoms with Gasteiger partial charge in [0.05, 0.1) is 6.54 Å². The predicted molar refractivity (Wildman–Crippen MR) is 51.8 cm³/mol. The molecule has 4 nitrogen and oxygen atoms in total. The maximum atomic E-state index is 11.3. The Labute approximate surface area is 80.9 Å². The Morgan fingerprint density at radius 3 is 2.71 bits per heavy atom. The van der Waals surface area contributed by atoms with Crippen molar-refractivity contribution >= 4 is 0 Å². The van der Waals surface area contributed by atoms with Crippen LogP contribution in [0, 0.1) is 0 Å². The van der Waals surface area contributed by atoms with Crippen LogP contribution in [0.2, 0.25) is 0 Å². The van der Waals surface area contributed by atoms with Crippen molar-refractivity contribution in [2.24, 2.45) is 0 Å². The molecule has 0 bridgehead atoms. The third kappa shape index (κ3) is 1.85. The first-order chi connectivity index (χ1) is 6.86. The molecule has 2 heterocycles. The molecule has 0 N–H and O–H groups in total. The van der Waals surface area contributed by atoms with Gasteiger partial charge in [0.1, 0.15) is 0 Å². The summed E-state index contributed by atoms with van der Waals surface area (Å²) < 4.78 is 1.55. The number of nitrogens with zero attached hydrogens (tertiary/aromatic N) is 3. The highest BCUT2D eigenvalue weighted by molar-refractivity contribution is 5.10. The smallest absolute Gasteiger partial charge is 0.295 e. The summed E-state index contributed by atoms with van der Waals surface area (Å²) in [4.78, 5) is 18.8. The van der Waals surface area contributed by atoms with Crippen LogP contribution in [0.15, 0.2) is 47.8 Å². The second-order valence-electron chi connectivity index (χ2n) is 2.89. The normalized spacial score (nSPS) is 10.0. The number of hydrogen-bond donors (Lipinski definition) is 0. The minimum Gasteiger partial charge on any atom is -0.295 e. The largest absolute Gasteiger partial charge is 0.347 e. The summed E-state index contributed by atoms with van der Waals surface area (Å²) in [6.45, 7) is 0.537. The van der Waals surface area contributed by atoms with Crippen LogP contribution < -0.4 is 5.69 Å². The van der Waals surface area contributed by atoms with Crippen LogP contribution in [0.4, 0.5) is 0 Å². The van der Waals surface area contributed by atoms with Crippen molar-refractivity contribution in [3.63, 3.8) is 0 Å². The first-order valence-electron chi connectivity index (χ1n) is 4.26. The van der Waals surface area contributed by atoms with Gasteiger partial charge in [0.25, 0.3) is 0 Å². The summed E-state index contributed by atoms with van der Waals surface area (Å²) in [5.41, 5.74) is 0.805. The van der Waals surface area contributed by atoms with E-state index in [9.17, 15) is 4.79 Å². The highest BCUT2D eigenvalue weighted by Gasteiger charge is 1.95. The molecule has 2 aromatic heterocycles. The zero-order valence-corrected chi connectivity index (χ0v) is 7.50. The minimum atomic E-state index is -0.232. The summed E-state index contributed by atoms with van der Waals surface area (Å²) in [6, 6.07) is 5.49. The molecule has 0 spiro atoms. The maximum absolute atomic E-state index is 11.3. The number of hydrogen-bond acceptors (Lipinski definition) is 3. The Morgan fingerprint density at radius 1 is 1.21 bits per heavy atom. The molecule has 4 heteroatoms. The van der Waals surface area contributed by atoms with Gasteiger partial charge >= 0.3 is 5.69 Å². The fourth-order valence-corrected chi connectivity index (χ4v) is 1.19. The molecule has 2 aromatic rings. The second-order valence-corrected chi connectivity index (χ2v) is 2.89. The molecule has 0 unspecified atom stereocenters. The Balaban J connectivity index is 2.28. The van der Waals surface area contributed by atoms with Crippen LogP contribution in [0.1, 0.15) is 5.56 Å². The average molecular weight is 187 g/mol. The Kier molecular flexibility index (Phi) is 2.36. The van der Waals surface area contributed by atoms with E-state index < -0.39 is 0 Å². The molecule has 2 rings (SSSR count). The lowest BCUT2D eigenvalue weighted by molar-refractivity contribution is 0.726. The van der Waals surface area contributed by atoms with Crippen molar-refractivity contribution in [3.8, 4) is 0 Å². The maximum Gasteiger partial charge on any atom is 0.347 e. The van der Waals surface area contributed by atoms with Gasteiger partial charge in [0.2, 0.25) is 0 Å². The molecule has 0 radical (unpaired) electrons. The molecule has 0 aliphatic carbocycles. The number of aromatic nitrogens is 3. The van der Waals surface area contributed by atoms with Crippen molar-refractivity contribution in [2.75, 3.05) is 0 Å². The van der Waals surface area contributed by atoms with E-state index in [0.717, 1.165) is 5.56 Å². The van der Waals surface area contributed by atoms with E-state index >= 15 is 0 Å². The molecule has 0 aromatic carbocycles. The summed E-state index contributed by atoms with van der Waals surface area (Å²) in [6.07, 6.45) is 6.62. The standard InChI is InChI=1S/C10H9N3O/c14-10-12-4-1-7-13(10)8-9-2-5-11-6-3-9/h1-7H,8H2. The fraction of sp³-hybridized carbons (Fsp3) is 0.100. The molecule has 0 fully saturated rings. The molecule has 0 amide bonds. The summed E-state index contributed by atoms with van der Waals surface area (Å²) in [5, 5.41) is 0. The number of pyridine rings is 1. The van der Waals surface area contributed by atoms with Crippen LogP contribution in [-0.2, 0) is 6.54 Å². The van der Waals surface area contributed by atoms with E-state index in [1.165, 1.54) is 6.20 Å². The molecule has 0 saturated heterocycles. The molecular weight excluding hydrogens is 178 g/mol. The third-order valence-corrected chi connectivity index (χ3v) is 1.89. The van der Waals surface area contributed by atoms with E-state index in [2.05, 4.69) is 9.97 Å². The third-order valence-electron chi connectivity index (χ3n) is 1.89. The molecule has 70 valence electrons. The van der Waals surface area contributed by atoms with E-state index in [0.29, 0.717) is 6.54 Å². The van der Waals surface area contributed by atoms with Crippen LogP contribution >= 0.6 is 0 Å². The Bertz CT molecular complexity index is 464. The van der Waals surface area contributed by atoms with Crippen LogP contribution in [-0.4, -0.2) is 14.5 Å². The molecule has 0 atom stereocenters. The lowest BCUT2D eigenvalue weighted by Gasteiger charge is -2.02. The van der Waals surface area contributed by atoms with Crippen molar-refractivity contribution in [1.82, 2.24) is 14.5 Å². The highest BCUT2D eigenvalue weighted by Crippen LogP contribution is 1.97. The monoisotopic (exact) mass is 187 g/mol. The molecule has 0 aliphatic rings. The van der Waals surface area contributed by atoms with Gasteiger partial charge in [-0.15, -0.1) is 0 Å². The Hall–Kier alpha value is -1.97. The quantitative estimate of drug-likeness (QED) is 0.694. The first kappa shape index (κ1) is 8.62. The second kappa shape index (κ2) is 3.83. The molecular formula is C10H9N3O. The van der Waals surface area contributed by atoms with E-state index in [1.54, 1.807) is 29.2 Å². The van der Waals surface area contributed by atoms with Crippen LogP contribution in [0.25, 0.3) is 0 Å². The van der Waals surface area contributed by atoms with Gasteiger partial charge < -0.3 is 0 Å². The molecule has 14 heavy (non-hydrogen) atoms. The van der Waals surface area contributed by atoms with Crippen LogP contribution in [0.5, 0.6) is 0 Å². The fourth-order valence-electron chi connectivity index (χ4n) is 1.19. The van der Waals surface area contributed by atoms with Gasteiger partial charge in [-0.3, -0.25) is 9.55 Å². The molecule has 0 aliphatic heterocycles. The number of rotatable bonds is 2. The van der Waals surface area contributed by atoms with Gasteiger partial charge in [-0.2, -0.15) is 0 Å². The molecule has 0 saturated carbocycles. The van der Waals surface area contributed by atoms with Crippen LogP contribution in [0.3, 0.4) is 0 Å². The lowest BCUT2D eigenvalue weighted by Crippen LogP contribution is -2.21. The zero-order chi connectivity index (χ0) is 9.80. The van der Waals surface area contributed by atoms with Crippen molar-refractivity contribution < 1.29 is 0 Å². The lowest BCUT2D eigenvalue weighted by atomic mass is 10.3. The van der Waals surface area contributed by atoms with E-state index in [-0.39, 0.29) is 5.69 Å². The van der Waals surface area contributed by atoms with Crippen molar-refractivity contribution in [3.05, 3.63) is 59.0 Å². The van der Waals surface area contributed by atoms with E-state index in [4.69, 9.17) is 0 Å². The summed E-state index contributed by atoms with van der Waals surface area (Å²) >= 11 is 0. The van der Waals surface area contributed by atoms with Crippen molar-refractivity contribution in [2.45, 2.75) is 6.54 Å². The topological polar surface area (TPSA) is 47.8 Å². The Morgan fingerprint density at radius 2 is 2.00 bits per heavy atom. The SMILES string of the molecule is O=c1ncccn1Cc1ccncc1. The van der Waals surface area contributed by atoms with Gasteiger partial charge in [0.15, 0.2) is 0 Å². The zero-order valence-electron chi connectivity index (χ0n) is 7.50. The van der Waals surface area contributed by atoms with E-state index in [1.807, 2.05) is 12.1 Å². The van der Waals surface area contributed by atoms with Gasteiger partial charge in [-0.25, -0.2) is 9.78 Å². The highest BCUT2D eigenvalue weighted by atomic mass is 16.1. The summed E-state index contributed by atoms with van der Waals surface area (Å²) in [5.74, 6) is 0. The minimum absolute atomic E-state index is 0.232. The van der Waals surface area contributed by atoms with Crippen molar-refractivity contribution in [1.29, 1.82) is 0 Å². The van der Waals surface area contributed by atoms with Gasteiger partial charge in [-0.05, 0) is 23.8 Å².